The number of phenols is 1. The summed E-state index contributed by atoms with van der Waals surface area (Å²) in [5, 5.41) is 19.9. The van der Waals surface area contributed by atoms with Crippen LogP contribution in [0.1, 0.15) is 65.9 Å². The molecule has 9 N–H and O–H groups in total. The number of nitrogens with one attached hydrogen (secondary N) is 4. The number of primary amides is 2. The molecular formula is C31H47N7O8. The van der Waals surface area contributed by atoms with Gasteiger partial charge in [0.05, 0.1) is 6.42 Å². The van der Waals surface area contributed by atoms with E-state index >= 15 is 0 Å². The Morgan fingerprint density at radius 3 is 2.04 bits per heavy atom. The first-order valence-corrected chi connectivity index (χ1v) is 15.4. The normalized spacial score (nSPS) is 17.6. The van der Waals surface area contributed by atoms with Crippen molar-refractivity contribution in [2.45, 2.75) is 96.9 Å². The third kappa shape index (κ3) is 10.7. The Morgan fingerprint density at radius 2 is 1.52 bits per heavy atom. The van der Waals surface area contributed by atoms with Gasteiger partial charge in [-0.15, -0.1) is 0 Å². The lowest BCUT2D eigenvalue weighted by Gasteiger charge is -2.31. The van der Waals surface area contributed by atoms with Crippen molar-refractivity contribution in [3.63, 3.8) is 0 Å². The summed E-state index contributed by atoms with van der Waals surface area (Å²) >= 11 is 0. The highest BCUT2D eigenvalue weighted by molar-refractivity contribution is 5.97. The van der Waals surface area contributed by atoms with Crippen LogP contribution in [-0.4, -0.2) is 88.1 Å². The molecule has 0 unspecified atom stereocenters. The number of hydrogen-bond acceptors (Lipinski definition) is 8. The summed E-state index contributed by atoms with van der Waals surface area (Å²) in [7, 11) is 0. The fourth-order valence-corrected chi connectivity index (χ4v) is 5.26. The van der Waals surface area contributed by atoms with Crippen LogP contribution in [0.5, 0.6) is 5.75 Å². The van der Waals surface area contributed by atoms with Crippen LogP contribution in [0.3, 0.4) is 0 Å². The van der Waals surface area contributed by atoms with Gasteiger partial charge in [0.2, 0.25) is 41.4 Å². The summed E-state index contributed by atoms with van der Waals surface area (Å²) in [5.41, 5.74) is 11.4. The molecule has 1 aromatic rings. The maximum atomic E-state index is 13.7. The van der Waals surface area contributed by atoms with E-state index in [9.17, 15) is 38.7 Å². The number of nitrogens with two attached hydrogens (primary N) is 2. The molecule has 254 valence electrons. The lowest BCUT2D eigenvalue weighted by Crippen LogP contribution is -2.60. The van der Waals surface area contributed by atoms with Gasteiger partial charge in [0, 0.05) is 19.9 Å². The lowest BCUT2D eigenvalue weighted by atomic mass is 9.96. The van der Waals surface area contributed by atoms with Crippen molar-refractivity contribution in [3.8, 4) is 5.75 Å². The second-order valence-electron chi connectivity index (χ2n) is 12.0. The van der Waals surface area contributed by atoms with Crippen molar-refractivity contribution in [3.05, 3.63) is 29.8 Å². The summed E-state index contributed by atoms with van der Waals surface area (Å²) < 4.78 is 0. The zero-order chi connectivity index (χ0) is 34.7. The second-order valence-corrected chi connectivity index (χ2v) is 12.0. The summed E-state index contributed by atoms with van der Waals surface area (Å²) in [6.07, 6.45) is 0.826. The fourth-order valence-electron chi connectivity index (χ4n) is 5.26. The van der Waals surface area contributed by atoms with E-state index in [0.29, 0.717) is 24.8 Å². The first-order valence-electron chi connectivity index (χ1n) is 15.4. The van der Waals surface area contributed by atoms with E-state index in [4.69, 9.17) is 11.5 Å². The van der Waals surface area contributed by atoms with Gasteiger partial charge < -0.3 is 42.7 Å². The summed E-state index contributed by atoms with van der Waals surface area (Å²) in [5.74, 6) is -5.54. The number of likely N-dealkylation sites (tertiary alicyclic amines) is 1. The van der Waals surface area contributed by atoms with Crippen LogP contribution in [-0.2, 0) is 40.0 Å². The minimum atomic E-state index is -1.45. The standard InChI is InChI=1S/C31H47N7O8/c1-6-17(4)26(30(45)35-21(15-24(32)41)28(43)36-25(16(2)3)27(33)42)37-29(44)23-8-7-13-38(23)31(46)22(34-18(5)39)14-19-9-11-20(40)12-10-19/h9-12,16-17,21-23,25-26,40H,6-8,13-15H2,1-5H3,(H2,32,41)(H2,33,42)(H,34,39)(H,35,45)(H,36,43)(H,37,44)/t17-,21-,22-,23-,25-,26-/m0/s1. The Morgan fingerprint density at radius 1 is 0.891 bits per heavy atom. The van der Waals surface area contributed by atoms with Gasteiger partial charge in [-0.05, 0) is 42.4 Å². The van der Waals surface area contributed by atoms with E-state index in [-0.39, 0.29) is 24.6 Å². The summed E-state index contributed by atoms with van der Waals surface area (Å²) in [4.78, 5) is 90.8. The molecule has 6 atom stereocenters. The first-order chi connectivity index (χ1) is 21.5. The van der Waals surface area contributed by atoms with Crippen LogP contribution >= 0.6 is 0 Å². The molecule has 15 heteroatoms. The van der Waals surface area contributed by atoms with Crippen LogP contribution in [0.4, 0.5) is 0 Å². The van der Waals surface area contributed by atoms with Gasteiger partial charge in [0.25, 0.3) is 0 Å². The molecule has 7 amide bonds. The van der Waals surface area contributed by atoms with Crippen molar-refractivity contribution in [2.24, 2.45) is 23.3 Å². The monoisotopic (exact) mass is 645 g/mol. The highest BCUT2D eigenvalue weighted by Crippen LogP contribution is 2.21. The van der Waals surface area contributed by atoms with Crippen LogP contribution in [0, 0.1) is 11.8 Å². The number of carbonyl (C=O) groups excluding carboxylic acids is 7. The molecule has 0 bridgehead atoms. The molecular weight excluding hydrogens is 598 g/mol. The number of carbonyl (C=O) groups is 7. The highest BCUT2D eigenvalue weighted by Gasteiger charge is 2.40. The molecule has 0 saturated carbocycles. The van der Waals surface area contributed by atoms with Crippen molar-refractivity contribution in [1.82, 2.24) is 26.2 Å². The number of aromatic hydroxyl groups is 1. The molecule has 1 aliphatic heterocycles. The highest BCUT2D eigenvalue weighted by atomic mass is 16.3. The maximum Gasteiger partial charge on any atom is 0.246 e. The quantitative estimate of drug-likeness (QED) is 0.117. The Balaban J connectivity index is 2.25. The largest absolute Gasteiger partial charge is 0.508 e. The van der Waals surface area contributed by atoms with E-state index in [1.165, 1.54) is 24.0 Å². The molecule has 46 heavy (non-hydrogen) atoms. The van der Waals surface area contributed by atoms with E-state index in [1.54, 1.807) is 39.8 Å². The third-order valence-electron chi connectivity index (χ3n) is 7.99. The zero-order valence-electron chi connectivity index (χ0n) is 27.0. The Labute approximate surface area is 268 Å². The van der Waals surface area contributed by atoms with Crippen LogP contribution in [0.25, 0.3) is 0 Å². The molecule has 1 heterocycles. The minimum Gasteiger partial charge on any atom is -0.508 e. The number of amides is 7. The Kier molecular flexibility index (Phi) is 14.0. The van der Waals surface area contributed by atoms with Gasteiger partial charge in [-0.2, -0.15) is 0 Å². The van der Waals surface area contributed by atoms with Crippen LogP contribution < -0.4 is 32.7 Å². The molecule has 2 rings (SSSR count). The first kappa shape index (κ1) is 37.5. The second kappa shape index (κ2) is 17.1. The fraction of sp³-hybridized carbons (Fsp3) is 0.581. The average molecular weight is 646 g/mol. The van der Waals surface area contributed by atoms with Crippen LogP contribution in [0.2, 0.25) is 0 Å². The molecule has 0 spiro atoms. The smallest absolute Gasteiger partial charge is 0.246 e. The van der Waals surface area contributed by atoms with Gasteiger partial charge in [-0.25, -0.2) is 0 Å². The molecule has 15 nitrogen and oxygen atoms in total. The number of benzene rings is 1. The SMILES string of the molecule is CC[C@H](C)[C@H](NC(=O)[C@@H]1CCCN1C(=O)[C@H](Cc1ccc(O)cc1)NC(C)=O)C(=O)N[C@@H](CC(N)=O)C(=O)N[C@H](C(N)=O)C(C)C. The minimum absolute atomic E-state index is 0.0503. The predicted octanol–water partition coefficient (Wildman–Crippen LogP) is -1.05. The van der Waals surface area contributed by atoms with Crippen LogP contribution in [0.15, 0.2) is 24.3 Å². The Hall–Kier alpha value is -4.69. The van der Waals surface area contributed by atoms with Crippen molar-refractivity contribution in [1.29, 1.82) is 0 Å². The van der Waals surface area contributed by atoms with Crippen molar-refractivity contribution >= 4 is 41.4 Å². The molecule has 0 aliphatic carbocycles. The molecule has 1 saturated heterocycles. The topological polar surface area (TPSA) is 243 Å². The molecule has 1 aromatic carbocycles. The van der Waals surface area contributed by atoms with Gasteiger partial charge in [-0.1, -0.05) is 46.2 Å². The number of nitrogens with zero attached hydrogens (tertiary/aromatic N) is 1. The molecule has 1 fully saturated rings. The van der Waals surface area contributed by atoms with Gasteiger partial charge >= 0.3 is 0 Å². The number of hydrogen-bond donors (Lipinski definition) is 7. The van der Waals surface area contributed by atoms with Gasteiger partial charge in [0.15, 0.2) is 0 Å². The molecule has 0 aromatic heterocycles. The van der Waals surface area contributed by atoms with Crippen molar-refractivity contribution < 1.29 is 38.7 Å². The average Bonchev–Trinajstić information content (AvgIpc) is 3.47. The zero-order valence-corrected chi connectivity index (χ0v) is 27.0. The molecule has 1 aliphatic rings. The summed E-state index contributed by atoms with van der Waals surface area (Å²) in [6, 6.07) is 0.611. The maximum absolute atomic E-state index is 13.7. The van der Waals surface area contributed by atoms with E-state index in [2.05, 4.69) is 21.3 Å². The van der Waals surface area contributed by atoms with E-state index in [0.717, 1.165) is 0 Å². The lowest BCUT2D eigenvalue weighted by molar-refractivity contribution is -0.142. The predicted molar refractivity (Wildman–Crippen MR) is 167 cm³/mol. The number of rotatable bonds is 16. The van der Waals surface area contributed by atoms with Crippen molar-refractivity contribution in [2.75, 3.05) is 6.54 Å². The van der Waals surface area contributed by atoms with Gasteiger partial charge in [0.1, 0.15) is 36.0 Å². The van der Waals surface area contributed by atoms with Gasteiger partial charge in [-0.3, -0.25) is 33.6 Å². The molecule has 0 radical (unpaired) electrons. The number of phenolic OH excluding ortho intramolecular Hbond substituents is 1. The summed E-state index contributed by atoms with van der Waals surface area (Å²) in [6.45, 7) is 8.38. The Bertz CT molecular complexity index is 1290. The van der Waals surface area contributed by atoms with E-state index < -0.39 is 83.9 Å². The van der Waals surface area contributed by atoms with E-state index in [1.807, 2.05) is 0 Å². The third-order valence-corrected chi connectivity index (χ3v) is 7.99.